The van der Waals surface area contributed by atoms with E-state index in [1.54, 1.807) is 0 Å². The molecule has 0 unspecified atom stereocenters. The lowest BCUT2D eigenvalue weighted by atomic mass is 10.1. The normalized spacial score (nSPS) is 12.2. The molecule has 0 radical (unpaired) electrons. The summed E-state index contributed by atoms with van der Waals surface area (Å²) in [5.74, 6) is 5.08. The first-order valence-corrected chi connectivity index (χ1v) is 4.42. The van der Waals surface area contributed by atoms with Crippen molar-refractivity contribution in [2.24, 2.45) is 5.90 Å². The van der Waals surface area contributed by atoms with Crippen LogP contribution in [0.25, 0.3) is 11.0 Å². The lowest BCUT2D eigenvalue weighted by Crippen LogP contribution is -2.04. The first-order chi connectivity index (χ1) is 7.52. The van der Waals surface area contributed by atoms with Gasteiger partial charge in [0.25, 0.3) is 0 Å². The molecule has 1 aromatic carbocycles. The van der Waals surface area contributed by atoms with Crippen LogP contribution in [0.15, 0.2) is 28.7 Å². The molecule has 3 nitrogen and oxygen atoms in total. The van der Waals surface area contributed by atoms with Gasteiger partial charge in [0.2, 0.25) is 0 Å². The molecular weight excluding hydrogens is 223 g/mol. The Balaban J connectivity index is 2.59. The quantitative estimate of drug-likeness (QED) is 0.808. The first-order valence-electron chi connectivity index (χ1n) is 4.42. The number of halogens is 3. The summed E-state index contributed by atoms with van der Waals surface area (Å²) < 4.78 is 42.8. The predicted molar refractivity (Wildman–Crippen MR) is 50.2 cm³/mol. The summed E-state index contributed by atoms with van der Waals surface area (Å²) in [7, 11) is 0. The van der Waals surface area contributed by atoms with Gasteiger partial charge in [0.15, 0.2) is 0 Å². The van der Waals surface area contributed by atoms with E-state index in [2.05, 4.69) is 4.84 Å². The third-order valence-corrected chi connectivity index (χ3v) is 2.13. The Morgan fingerprint density at radius 3 is 2.69 bits per heavy atom. The van der Waals surface area contributed by atoms with Crippen LogP contribution in [-0.2, 0) is 17.6 Å². The predicted octanol–water partition coefficient (Wildman–Crippen LogP) is 2.84. The number of para-hydroxylation sites is 1. The zero-order chi connectivity index (χ0) is 11.8. The highest BCUT2D eigenvalue weighted by Crippen LogP contribution is 2.35. The van der Waals surface area contributed by atoms with Gasteiger partial charge in [0.1, 0.15) is 18.0 Å². The fourth-order valence-electron chi connectivity index (χ4n) is 1.49. The summed E-state index contributed by atoms with van der Waals surface area (Å²) in [6.07, 6.45) is -4.43. The first kappa shape index (κ1) is 11.0. The van der Waals surface area contributed by atoms with Crippen molar-refractivity contribution in [2.45, 2.75) is 12.8 Å². The molecule has 2 N–H and O–H groups in total. The highest BCUT2D eigenvalue weighted by Gasteiger charge is 2.34. The van der Waals surface area contributed by atoms with Crippen molar-refractivity contribution in [1.29, 1.82) is 0 Å². The molecule has 0 saturated heterocycles. The molecule has 0 aliphatic heterocycles. The van der Waals surface area contributed by atoms with Crippen molar-refractivity contribution in [1.82, 2.24) is 0 Å². The molecule has 2 aromatic rings. The molecule has 0 fully saturated rings. The van der Waals surface area contributed by atoms with E-state index in [1.165, 1.54) is 18.2 Å². The second kappa shape index (κ2) is 3.80. The molecular formula is C10H8F3NO2. The number of rotatable bonds is 2. The van der Waals surface area contributed by atoms with Crippen molar-refractivity contribution in [3.8, 4) is 0 Å². The van der Waals surface area contributed by atoms with E-state index in [0.29, 0.717) is 5.39 Å². The Hall–Kier alpha value is -1.53. The SMILES string of the molecule is NOCc1cc2cccc(C(F)(F)F)c2o1. The highest BCUT2D eigenvalue weighted by molar-refractivity contribution is 5.81. The van der Waals surface area contributed by atoms with E-state index in [1.807, 2.05) is 0 Å². The number of alkyl halides is 3. The number of furan rings is 1. The van der Waals surface area contributed by atoms with Gasteiger partial charge in [0, 0.05) is 5.39 Å². The molecule has 86 valence electrons. The maximum atomic E-state index is 12.6. The summed E-state index contributed by atoms with van der Waals surface area (Å²) in [5.41, 5.74) is -0.990. The van der Waals surface area contributed by atoms with E-state index >= 15 is 0 Å². The third-order valence-electron chi connectivity index (χ3n) is 2.13. The molecule has 0 spiro atoms. The average Bonchev–Trinajstić information content (AvgIpc) is 2.58. The Morgan fingerprint density at radius 1 is 1.31 bits per heavy atom. The Bertz CT molecular complexity index is 504. The van der Waals surface area contributed by atoms with Crippen molar-refractivity contribution >= 4 is 11.0 Å². The van der Waals surface area contributed by atoms with Crippen LogP contribution in [0.4, 0.5) is 13.2 Å². The Morgan fingerprint density at radius 2 is 2.06 bits per heavy atom. The van der Waals surface area contributed by atoms with E-state index in [-0.39, 0.29) is 18.0 Å². The van der Waals surface area contributed by atoms with Crippen LogP contribution in [0, 0.1) is 0 Å². The number of benzene rings is 1. The van der Waals surface area contributed by atoms with Gasteiger partial charge in [-0.2, -0.15) is 13.2 Å². The van der Waals surface area contributed by atoms with Gasteiger partial charge < -0.3 is 4.42 Å². The van der Waals surface area contributed by atoms with E-state index < -0.39 is 11.7 Å². The molecule has 0 aliphatic rings. The topological polar surface area (TPSA) is 48.4 Å². The molecule has 2 rings (SSSR count). The Labute approximate surface area is 88.5 Å². The van der Waals surface area contributed by atoms with Crippen LogP contribution in [0.3, 0.4) is 0 Å². The van der Waals surface area contributed by atoms with Crippen LogP contribution in [-0.4, -0.2) is 0 Å². The third kappa shape index (κ3) is 1.89. The molecule has 1 heterocycles. The van der Waals surface area contributed by atoms with Gasteiger partial charge in [-0.05, 0) is 12.1 Å². The van der Waals surface area contributed by atoms with Crippen LogP contribution in [0.2, 0.25) is 0 Å². The minimum absolute atomic E-state index is 0.0635. The zero-order valence-corrected chi connectivity index (χ0v) is 8.04. The van der Waals surface area contributed by atoms with E-state index in [9.17, 15) is 13.2 Å². The average molecular weight is 231 g/mol. The zero-order valence-electron chi connectivity index (χ0n) is 8.04. The largest absolute Gasteiger partial charge is 0.458 e. The van der Waals surface area contributed by atoms with Crippen molar-refractivity contribution in [2.75, 3.05) is 0 Å². The fourth-order valence-corrected chi connectivity index (χ4v) is 1.49. The van der Waals surface area contributed by atoms with E-state index in [4.69, 9.17) is 10.3 Å². The Kier molecular flexibility index (Phi) is 2.61. The molecule has 6 heteroatoms. The molecule has 0 bridgehead atoms. The molecule has 16 heavy (non-hydrogen) atoms. The van der Waals surface area contributed by atoms with Gasteiger partial charge in [0.05, 0.1) is 5.56 Å². The number of hydrogen-bond donors (Lipinski definition) is 1. The summed E-state index contributed by atoms with van der Waals surface area (Å²) in [5, 5.41) is 0.377. The summed E-state index contributed by atoms with van der Waals surface area (Å²) in [6, 6.07) is 5.30. The van der Waals surface area contributed by atoms with Crippen LogP contribution in [0.5, 0.6) is 0 Å². The summed E-state index contributed by atoms with van der Waals surface area (Å²) in [4.78, 5) is 4.31. The second-order valence-electron chi connectivity index (χ2n) is 3.25. The highest BCUT2D eigenvalue weighted by atomic mass is 19.4. The van der Waals surface area contributed by atoms with Gasteiger partial charge >= 0.3 is 6.18 Å². The van der Waals surface area contributed by atoms with Crippen LogP contribution < -0.4 is 5.90 Å². The fraction of sp³-hybridized carbons (Fsp3) is 0.200. The molecule has 0 saturated carbocycles. The molecule has 0 aliphatic carbocycles. The minimum Gasteiger partial charge on any atom is -0.458 e. The maximum absolute atomic E-state index is 12.6. The maximum Gasteiger partial charge on any atom is 0.420 e. The van der Waals surface area contributed by atoms with Crippen molar-refractivity contribution in [3.05, 3.63) is 35.6 Å². The molecule has 1 aromatic heterocycles. The molecule has 0 atom stereocenters. The van der Waals surface area contributed by atoms with Gasteiger partial charge in [-0.25, -0.2) is 5.90 Å². The van der Waals surface area contributed by atoms with Gasteiger partial charge in [-0.15, -0.1) is 0 Å². The smallest absolute Gasteiger partial charge is 0.420 e. The van der Waals surface area contributed by atoms with E-state index in [0.717, 1.165) is 6.07 Å². The monoisotopic (exact) mass is 231 g/mol. The van der Waals surface area contributed by atoms with Crippen molar-refractivity contribution < 1.29 is 22.4 Å². The standard InChI is InChI=1S/C10H8F3NO2/c11-10(12,13)8-3-1-2-6-4-7(5-15-14)16-9(6)8/h1-4H,5,14H2. The number of fused-ring (bicyclic) bond motifs is 1. The number of hydrogen-bond acceptors (Lipinski definition) is 3. The van der Waals surface area contributed by atoms with Gasteiger partial charge in [-0.1, -0.05) is 12.1 Å². The van der Waals surface area contributed by atoms with Crippen LogP contribution >= 0.6 is 0 Å². The molecule has 0 amide bonds. The summed E-state index contributed by atoms with van der Waals surface area (Å²) >= 11 is 0. The number of nitrogens with two attached hydrogens (primary N) is 1. The van der Waals surface area contributed by atoms with Crippen LogP contribution in [0.1, 0.15) is 11.3 Å². The summed E-state index contributed by atoms with van der Waals surface area (Å²) in [6.45, 7) is -0.0635. The lowest BCUT2D eigenvalue weighted by molar-refractivity contribution is -0.136. The van der Waals surface area contributed by atoms with Crippen molar-refractivity contribution in [3.63, 3.8) is 0 Å². The second-order valence-corrected chi connectivity index (χ2v) is 3.25. The minimum atomic E-state index is -4.43. The van der Waals surface area contributed by atoms with Gasteiger partial charge in [-0.3, -0.25) is 4.84 Å². The lowest BCUT2D eigenvalue weighted by Gasteiger charge is -2.05.